The Morgan fingerprint density at radius 3 is 2.42 bits per heavy atom. The summed E-state index contributed by atoms with van der Waals surface area (Å²) in [6.07, 6.45) is 0.449. The Labute approximate surface area is 114 Å². The van der Waals surface area contributed by atoms with Gasteiger partial charge in [-0.1, -0.05) is 48.0 Å². The third-order valence-electron chi connectivity index (χ3n) is 3.12. The molecule has 0 heterocycles. The van der Waals surface area contributed by atoms with Crippen LogP contribution >= 0.6 is 0 Å². The van der Waals surface area contributed by atoms with Crippen molar-refractivity contribution < 1.29 is 4.79 Å². The summed E-state index contributed by atoms with van der Waals surface area (Å²) in [5, 5.41) is 0. The summed E-state index contributed by atoms with van der Waals surface area (Å²) in [5.74, 6) is 0.138. The molecule has 0 aromatic heterocycles. The quantitative estimate of drug-likeness (QED) is 0.815. The summed E-state index contributed by atoms with van der Waals surface area (Å²) in [5.41, 5.74) is 3.22. The number of benzene rings is 2. The van der Waals surface area contributed by atoms with Gasteiger partial charge in [0.2, 0.25) is 5.91 Å². The van der Waals surface area contributed by atoms with E-state index in [1.54, 1.807) is 0 Å². The molecule has 0 aliphatic carbocycles. The van der Waals surface area contributed by atoms with E-state index in [1.807, 2.05) is 67.3 Å². The van der Waals surface area contributed by atoms with Crippen LogP contribution in [0.5, 0.6) is 0 Å². The van der Waals surface area contributed by atoms with Gasteiger partial charge in [0, 0.05) is 12.2 Å². The molecule has 0 aliphatic heterocycles. The molecule has 0 aliphatic rings. The van der Waals surface area contributed by atoms with Gasteiger partial charge in [0.15, 0.2) is 0 Å². The lowest BCUT2D eigenvalue weighted by Gasteiger charge is -2.21. The molecule has 0 saturated heterocycles. The van der Waals surface area contributed by atoms with Crippen LogP contribution in [-0.2, 0) is 11.2 Å². The maximum Gasteiger partial charge on any atom is 0.231 e. The zero-order valence-electron chi connectivity index (χ0n) is 11.5. The minimum atomic E-state index is 0.138. The molecule has 0 N–H and O–H groups in total. The van der Waals surface area contributed by atoms with E-state index in [0.717, 1.165) is 11.3 Å². The number of para-hydroxylation sites is 1. The van der Waals surface area contributed by atoms with Crippen LogP contribution in [0, 0.1) is 6.92 Å². The molecule has 0 atom stereocenters. The molecule has 19 heavy (non-hydrogen) atoms. The highest BCUT2D eigenvalue weighted by Crippen LogP contribution is 2.15. The first-order valence-corrected chi connectivity index (χ1v) is 6.61. The average Bonchev–Trinajstić information content (AvgIpc) is 2.41. The smallest absolute Gasteiger partial charge is 0.231 e. The maximum atomic E-state index is 12.4. The lowest BCUT2D eigenvalue weighted by Crippen LogP contribution is -2.31. The van der Waals surface area contributed by atoms with E-state index < -0.39 is 0 Å². The molecule has 2 heteroatoms. The Hall–Kier alpha value is -2.09. The van der Waals surface area contributed by atoms with E-state index in [1.165, 1.54) is 5.56 Å². The zero-order valence-corrected chi connectivity index (χ0v) is 11.5. The van der Waals surface area contributed by atoms with Gasteiger partial charge in [-0.25, -0.2) is 0 Å². The average molecular weight is 253 g/mol. The van der Waals surface area contributed by atoms with Gasteiger partial charge in [-0.2, -0.15) is 0 Å². The molecule has 0 bridgehead atoms. The summed E-state index contributed by atoms with van der Waals surface area (Å²) in [6, 6.07) is 17.9. The number of carbonyl (C=O) groups is 1. The predicted molar refractivity (Wildman–Crippen MR) is 79.4 cm³/mol. The second kappa shape index (κ2) is 6.19. The Morgan fingerprint density at radius 1 is 1.05 bits per heavy atom. The summed E-state index contributed by atoms with van der Waals surface area (Å²) in [4.78, 5) is 14.2. The normalized spacial score (nSPS) is 10.2. The van der Waals surface area contributed by atoms with E-state index in [2.05, 4.69) is 6.07 Å². The van der Waals surface area contributed by atoms with E-state index in [0.29, 0.717) is 13.0 Å². The van der Waals surface area contributed by atoms with Crippen molar-refractivity contribution in [3.8, 4) is 0 Å². The lowest BCUT2D eigenvalue weighted by molar-refractivity contribution is -0.117. The first-order chi connectivity index (χ1) is 9.20. The monoisotopic (exact) mass is 253 g/mol. The zero-order chi connectivity index (χ0) is 13.7. The largest absolute Gasteiger partial charge is 0.312 e. The first-order valence-electron chi connectivity index (χ1n) is 6.61. The molecule has 0 spiro atoms. The van der Waals surface area contributed by atoms with Gasteiger partial charge < -0.3 is 4.90 Å². The minimum absolute atomic E-state index is 0.138. The van der Waals surface area contributed by atoms with Crippen molar-refractivity contribution in [2.45, 2.75) is 20.3 Å². The standard InChI is InChI=1S/C17H19NO/c1-3-18(16-10-5-4-6-11-16)17(19)13-15-9-7-8-14(2)12-15/h4-12H,3,13H2,1-2H3. The number of hydrogen-bond donors (Lipinski definition) is 0. The highest BCUT2D eigenvalue weighted by Gasteiger charge is 2.13. The van der Waals surface area contributed by atoms with Crippen LogP contribution in [-0.4, -0.2) is 12.5 Å². The number of hydrogen-bond acceptors (Lipinski definition) is 1. The van der Waals surface area contributed by atoms with E-state index in [9.17, 15) is 4.79 Å². The molecule has 2 rings (SSSR count). The fraction of sp³-hybridized carbons (Fsp3) is 0.235. The molecule has 98 valence electrons. The van der Waals surface area contributed by atoms with Crippen LogP contribution in [0.3, 0.4) is 0 Å². The van der Waals surface area contributed by atoms with Gasteiger partial charge in [0.1, 0.15) is 0 Å². The predicted octanol–water partition coefficient (Wildman–Crippen LogP) is 3.59. The molecule has 0 saturated carbocycles. The molecule has 2 aromatic carbocycles. The number of amides is 1. The molecular weight excluding hydrogens is 234 g/mol. The number of nitrogens with zero attached hydrogens (tertiary/aromatic N) is 1. The highest BCUT2D eigenvalue weighted by molar-refractivity contribution is 5.94. The van der Waals surface area contributed by atoms with Crippen molar-refractivity contribution in [1.82, 2.24) is 0 Å². The van der Waals surface area contributed by atoms with Gasteiger partial charge >= 0.3 is 0 Å². The number of rotatable bonds is 4. The fourth-order valence-corrected chi connectivity index (χ4v) is 2.20. The number of anilines is 1. The summed E-state index contributed by atoms with van der Waals surface area (Å²) >= 11 is 0. The molecule has 2 aromatic rings. The van der Waals surface area contributed by atoms with E-state index >= 15 is 0 Å². The molecule has 1 amide bonds. The first kappa shape index (κ1) is 13.3. The van der Waals surface area contributed by atoms with Gasteiger partial charge in [0.05, 0.1) is 6.42 Å². The van der Waals surface area contributed by atoms with Crippen LogP contribution in [0.25, 0.3) is 0 Å². The summed E-state index contributed by atoms with van der Waals surface area (Å²) in [6.45, 7) is 4.73. The number of likely N-dealkylation sites (N-methyl/N-ethyl adjacent to an activating group) is 1. The van der Waals surface area contributed by atoms with Crippen LogP contribution < -0.4 is 4.90 Å². The van der Waals surface area contributed by atoms with Crippen molar-refractivity contribution in [2.24, 2.45) is 0 Å². The van der Waals surface area contributed by atoms with Gasteiger partial charge in [-0.3, -0.25) is 4.79 Å². The van der Waals surface area contributed by atoms with Crippen molar-refractivity contribution >= 4 is 11.6 Å². The summed E-state index contributed by atoms with van der Waals surface area (Å²) in [7, 11) is 0. The number of carbonyl (C=O) groups excluding carboxylic acids is 1. The Balaban J connectivity index is 2.14. The van der Waals surface area contributed by atoms with Gasteiger partial charge in [0.25, 0.3) is 0 Å². The SMILES string of the molecule is CCN(C(=O)Cc1cccc(C)c1)c1ccccc1. The van der Waals surface area contributed by atoms with Crippen molar-refractivity contribution in [1.29, 1.82) is 0 Å². The maximum absolute atomic E-state index is 12.4. The molecule has 0 unspecified atom stereocenters. The molecular formula is C17H19NO. The van der Waals surface area contributed by atoms with Crippen molar-refractivity contribution in [2.75, 3.05) is 11.4 Å². The van der Waals surface area contributed by atoms with Crippen LogP contribution in [0.4, 0.5) is 5.69 Å². The molecule has 0 radical (unpaired) electrons. The van der Waals surface area contributed by atoms with Crippen LogP contribution in [0.2, 0.25) is 0 Å². The molecule has 0 fully saturated rings. The topological polar surface area (TPSA) is 20.3 Å². The van der Waals surface area contributed by atoms with Crippen molar-refractivity contribution in [3.05, 3.63) is 65.7 Å². The van der Waals surface area contributed by atoms with Crippen LogP contribution in [0.15, 0.2) is 54.6 Å². The Bertz CT molecular complexity index is 548. The lowest BCUT2D eigenvalue weighted by atomic mass is 10.1. The summed E-state index contributed by atoms with van der Waals surface area (Å²) < 4.78 is 0. The van der Waals surface area contributed by atoms with E-state index in [4.69, 9.17) is 0 Å². The van der Waals surface area contributed by atoms with Gasteiger partial charge in [-0.05, 0) is 31.5 Å². The van der Waals surface area contributed by atoms with Gasteiger partial charge in [-0.15, -0.1) is 0 Å². The fourth-order valence-electron chi connectivity index (χ4n) is 2.20. The highest BCUT2D eigenvalue weighted by atomic mass is 16.2. The Kier molecular flexibility index (Phi) is 4.35. The van der Waals surface area contributed by atoms with E-state index in [-0.39, 0.29) is 5.91 Å². The Morgan fingerprint density at radius 2 is 1.79 bits per heavy atom. The number of aryl methyl sites for hydroxylation is 1. The van der Waals surface area contributed by atoms with Crippen LogP contribution in [0.1, 0.15) is 18.1 Å². The third kappa shape index (κ3) is 3.44. The minimum Gasteiger partial charge on any atom is -0.312 e. The second-order valence-corrected chi connectivity index (χ2v) is 4.64. The third-order valence-corrected chi connectivity index (χ3v) is 3.12. The second-order valence-electron chi connectivity index (χ2n) is 4.64. The molecule has 2 nitrogen and oxygen atoms in total. The van der Waals surface area contributed by atoms with Crippen molar-refractivity contribution in [3.63, 3.8) is 0 Å².